The molecule has 0 unspecified atom stereocenters. The summed E-state index contributed by atoms with van der Waals surface area (Å²) < 4.78 is 4.16. The SMILES string of the molecule is [CH2+]C(=O)CC(=O)OC. The smallest absolute Gasteiger partial charge is 0.317 e. The van der Waals surface area contributed by atoms with Crippen LogP contribution in [0, 0.1) is 6.92 Å². The molecule has 44 valence electrons. The first kappa shape index (κ1) is 7.01. The van der Waals surface area contributed by atoms with Gasteiger partial charge in [-0.1, -0.05) is 0 Å². The zero-order chi connectivity index (χ0) is 6.57. The number of carbonyl (C=O) groups excluding carboxylic acids is 2. The van der Waals surface area contributed by atoms with Crippen molar-refractivity contribution in [2.75, 3.05) is 7.11 Å². The Morgan fingerprint density at radius 2 is 2.12 bits per heavy atom. The number of hydrogen-bond donors (Lipinski definition) is 0. The van der Waals surface area contributed by atoms with Crippen LogP contribution < -0.4 is 0 Å². The average molecular weight is 115 g/mol. The van der Waals surface area contributed by atoms with E-state index in [0.717, 1.165) is 0 Å². The van der Waals surface area contributed by atoms with Crippen molar-refractivity contribution in [3.8, 4) is 0 Å². The number of carbonyl (C=O) groups is 2. The minimum atomic E-state index is -0.537. The van der Waals surface area contributed by atoms with Crippen LogP contribution >= 0.6 is 0 Å². The topological polar surface area (TPSA) is 43.4 Å². The van der Waals surface area contributed by atoms with Crippen molar-refractivity contribution >= 4 is 11.8 Å². The molecule has 3 heteroatoms. The van der Waals surface area contributed by atoms with E-state index >= 15 is 0 Å². The molecule has 0 rings (SSSR count). The average Bonchev–Trinajstić information content (AvgIpc) is 1.65. The third kappa shape index (κ3) is 3.21. The fourth-order valence-electron chi connectivity index (χ4n) is 0.233. The van der Waals surface area contributed by atoms with Crippen molar-refractivity contribution in [2.45, 2.75) is 6.42 Å². The van der Waals surface area contributed by atoms with Gasteiger partial charge in [0.25, 0.3) is 0 Å². The van der Waals surface area contributed by atoms with Crippen LogP contribution in [-0.2, 0) is 14.3 Å². The van der Waals surface area contributed by atoms with Crippen LogP contribution in [0.5, 0.6) is 0 Å². The fourth-order valence-corrected chi connectivity index (χ4v) is 0.233. The molecule has 8 heavy (non-hydrogen) atoms. The predicted octanol–water partition coefficient (Wildman–Crippen LogP) is -0.0473. The largest absolute Gasteiger partial charge is 0.469 e. The Morgan fingerprint density at radius 3 is 2.25 bits per heavy atom. The van der Waals surface area contributed by atoms with Gasteiger partial charge in [0.15, 0.2) is 0 Å². The number of Topliss-reactive ketones (excluding diaryl/α,β-unsaturated/α-hetero) is 1. The first-order chi connectivity index (χ1) is 3.66. The molecule has 0 fully saturated rings. The number of esters is 1. The van der Waals surface area contributed by atoms with E-state index < -0.39 is 11.8 Å². The van der Waals surface area contributed by atoms with Gasteiger partial charge in [-0.15, -0.1) is 0 Å². The summed E-state index contributed by atoms with van der Waals surface area (Å²) in [5.41, 5.74) is 0. The van der Waals surface area contributed by atoms with Crippen LogP contribution in [0.3, 0.4) is 0 Å². The molecule has 0 aliphatic carbocycles. The van der Waals surface area contributed by atoms with E-state index in [4.69, 9.17) is 0 Å². The van der Waals surface area contributed by atoms with Crippen LogP contribution in [0.2, 0.25) is 0 Å². The van der Waals surface area contributed by atoms with E-state index in [-0.39, 0.29) is 6.42 Å². The van der Waals surface area contributed by atoms with Crippen LogP contribution in [-0.4, -0.2) is 18.9 Å². The second kappa shape index (κ2) is 3.07. The van der Waals surface area contributed by atoms with Crippen molar-refractivity contribution in [2.24, 2.45) is 0 Å². The first-order valence-corrected chi connectivity index (χ1v) is 2.08. The highest BCUT2D eigenvalue weighted by Gasteiger charge is 2.08. The maximum Gasteiger partial charge on any atom is 0.317 e. The van der Waals surface area contributed by atoms with Crippen molar-refractivity contribution in [1.82, 2.24) is 0 Å². The Bertz CT molecular complexity index is 106. The maximum atomic E-state index is 10.1. The number of rotatable bonds is 2. The summed E-state index contributed by atoms with van der Waals surface area (Å²) in [6.45, 7) is 2.99. The molecule has 0 spiro atoms. The Hall–Kier alpha value is -0.990. The standard InChI is InChI=1S/C5H7O3/c1-4(6)3-5(7)8-2/h1,3H2,2H3/q+1. The highest BCUT2D eigenvalue weighted by Crippen LogP contribution is 1.82. The van der Waals surface area contributed by atoms with E-state index in [1.807, 2.05) is 0 Å². The number of ketones is 1. The summed E-state index contributed by atoms with van der Waals surface area (Å²) in [6.07, 6.45) is -0.226. The van der Waals surface area contributed by atoms with Crippen molar-refractivity contribution in [3.05, 3.63) is 6.92 Å². The quantitative estimate of drug-likeness (QED) is 0.288. The molecular weight excluding hydrogens is 108 g/mol. The van der Waals surface area contributed by atoms with E-state index in [1.165, 1.54) is 7.11 Å². The lowest BCUT2D eigenvalue weighted by Crippen LogP contribution is -2.05. The van der Waals surface area contributed by atoms with E-state index in [1.54, 1.807) is 0 Å². The third-order valence-corrected chi connectivity index (χ3v) is 0.569. The molecule has 0 aromatic rings. The highest BCUT2D eigenvalue weighted by molar-refractivity contribution is 5.97. The predicted molar refractivity (Wildman–Crippen MR) is 27.0 cm³/mol. The van der Waals surface area contributed by atoms with Gasteiger partial charge in [0, 0.05) is 0 Å². The summed E-state index contributed by atoms with van der Waals surface area (Å²) in [5, 5.41) is 0. The lowest BCUT2D eigenvalue weighted by atomic mass is 10.3. The molecule has 0 saturated carbocycles. The van der Waals surface area contributed by atoms with Crippen LogP contribution in [0.25, 0.3) is 0 Å². The first-order valence-electron chi connectivity index (χ1n) is 2.08. The fraction of sp³-hybridized carbons (Fsp3) is 0.400. The molecule has 0 aliphatic heterocycles. The lowest BCUT2D eigenvalue weighted by Gasteiger charge is -1.87. The molecule has 0 N–H and O–H groups in total. The minimum Gasteiger partial charge on any atom is -0.469 e. The zero-order valence-corrected chi connectivity index (χ0v) is 4.64. The van der Waals surface area contributed by atoms with Gasteiger partial charge in [-0.2, -0.15) is 0 Å². The molecule has 0 saturated heterocycles. The summed E-state index contributed by atoms with van der Waals surface area (Å²) >= 11 is 0. The Labute approximate surface area is 47.6 Å². The van der Waals surface area contributed by atoms with Gasteiger partial charge < -0.3 is 4.74 Å². The van der Waals surface area contributed by atoms with Crippen molar-refractivity contribution in [1.29, 1.82) is 0 Å². The lowest BCUT2D eigenvalue weighted by molar-refractivity contribution is -0.142. The Balaban J connectivity index is 3.40. The number of methoxy groups -OCH3 is 1. The summed E-state index contributed by atoms with van der Waals surface area (Å²) in [7, 11) is 1.23. The van der Waals surface area contributed by atoms with E-state index in [2.05, 4.69) is 11.7 Å². The molecule has 0 heterocycles. The molecular formula is C5H7O3+. The molecule has 0 aromatic heterocycles. The molecule has 0 bridgehead atoms. The molecule has 0 atom stereocenters. The molecule has 0 radical (unpaired) electrons. The van der Waals surface area contributed by atoms with Crippen LogP contribution in [0.4, 0.5) is 0 Å². The van der Waals surface area contributed by atoms with Gasteiger partial charge in [0.05, 0.1) is 7.11 Å². The molecule has 0 amide bonds. The summed E-state index contributed by atoms with van der Waals surface area (Å²) in [4.78, 5) is 20.1. The van der Waals surface area contributed by atoms with Crippen LogP contribution in [0.1, 0.15) is 6.42 Å². The van der Waals surface area contributed by atoms with Gasteiger partial charge in [0.2, 0.25) is 0 Å². The second-order valence-corrected chi connectivity index (χ2v) is 1.29. The number of hydrogen-bond acceptors (Lipinski definition) is 3. The monoisotopic (exact) mass is 115 g/mol. The minimum absolute atomic E-state index is 0.226. The van der Waals surface area contributed by atoms with Gasteiger partial charge in [0.1, 0.15) is 13.3 Å². The second-order valence-electron chi connectivity index (χ2n) is 1.29. The zero-order valence-electron chi connectivity index (χ0n) is 4.64. The van der Waals surface area contributed by atoms with Crippen molar-refractivity contribution < 1.29 is 14.3 Å². The molecule has 0 aromatic carbocycles. The van der Waals surface area contributed by atoms with E-state index in [9.17, 15) is 9.59 Å². The summed E-state index contributed by atoms with van der Waals surface area (Å²) in [5.74, 6) is -0.957. The molecule has 0 aliphatic rings. The van der Waals surface area contributed by atoms with Gasteiger partial charge >= 0.3 is 11.8 Å². The molecule has 3 nitrogen and oxygen atoms in total. The van der Waals surface area contributed by atoms with Crippen molar-refractivity contribution in [3.63, 3.8) is 0 Å². The van der Waals surface area contributed by atoms with Gasteiger partial charge in [-0.05, 0) is 0 Å². The number of ether oxygens (including phenoxy) is 1. The Kier molecular flexibility index (Phi) is 2.69. The normalized spacial score (nSPS) is 8.12. The maximum absolute atomic E-state index is 10.1. The summed E-state index contributed by atoms with van der Waals surface area (Å²) in [6, 6.07) is 0. The highest BCUT2D eigenvalue weighted by atomic mass is 16.5. The Morgan fingerprint density at radius 1 is 1.62 bits per heavy atom. The van der Waals surface area contributed by atoms with Gasteiger partial charge in [-0.25, -0.2) is 4.79 Å². The van der Waals surface area contributed by atoms with Crippen LogP contribution in [0.15, 0.2) is 0 Å². The third-order valence-electron chi connectivity index (χ3n) is 0.569. The van der Waals surface area contributed by atoms with E-state index in [0.29, 0.717) is 0 Å². The van der Waals surface area contributed by atoms with Gasteiger partial charge in [-0.3, -0.25) is 4.79 Å².